The Hall–Kier alpha value is -0.530. The van der Waals surface area contributed by atoms with Crippen molar-refractivity contribution in [3.63, 3.8) is 0 Å². The molecule has 94 valence electrons. The topological polar surface area (TPSA) is 43.4 Å². The van der Waals surface area contributed by atoms with Gasteiger partial charge in [-0.2, -0.15) is 8.42 Å². The van der Waals surface area contributed by atoms with Crippen molar-refractivity contribution in [2.24, 2.45) is 0 Å². The van der Waals surface area contributed by atoms with Gasteiger partial charge >= 0.3 is 0 Å². The van der Waals surface area contributed by atoms with Crippen LogP contribution < -0.4 is 0 Å². The minimum absolute atomic E-state index is 0.0192. The molecule has 0 saturated carbocycles. The molecular formula is C12H22O3S. The summed E-state index contributed by atoms with van der Waals surface area (Å²) < 4.78 is 25.6. The smallest absolute Gasteiger partial charge is 0.257 e. The Kier molecular flexibility index (Phi) is 9.36. The molecule has 0 bridgehead atoms. The predicted octanol–water partition coefficient (Wildman–Crippen LogP) is 2.72. The van der Waals surface area contributed by atoms with Crippen molar-refractivity contribution in [3.05, 3.63) is 0 Å². The second-order valence-corrected chi connectivity index (χ2v) is 5.48. The van der Waals surface area contributed by atoms with Gasteiger partial charge in [0.1, 0.15) is 6.61 Å². The maximum Gasteiger partial charge on any atom is 0.265 e. The summed E-state index contributed by atoms with van der Waals surface area (Å²) in [6, 6.07) is 0. The van der Waals surface area contributed by atoms with Gasteiger partial charge in [-0.05, 0) is 6.42 Å². The van der Waals surface area contributed by atoms with Crippen LogP contribution in [0.15, 0.2) is 0 Å². The Morgan fingerprint density at radius 3 is 2.25 bits per heavy atom. The summed E-state index contributed by atoms with van der Waals surface area (Å²) in [5.41, 5.74) is 0. The summed E-state index contributed by atoms with van der Waals surface area (Å²) in [5.74, 6) is 5.60. The zero-order valence-electron chi connectivity index (χ0n) is 10.3. The molecule has 0 saturated heterocycles. The minimum atomic E-state index is -3.33. The van der Waals surface area contributed by atoms with E-state index in [9.17, 15) is 8.42 Å². The molecule has 3 nitrogen and oxygen atoms in total. The zero-order valence-corrected chi connectivity index (χ0v) is 11.1. The van der Waals surface area contributed by atoms with Crippen LogP contribution in [0, 0.1) is 11.8 Å². The van der Waals surface area contributed by atoms with Gasteiger partial charge in [-0.1, -0.05) is 44.9 Å². The molecule has 0 atom stereocenters. The molecule has 0 radical (unpaired) electrons. The van der Waals surface area contributed by atoms with Crippen LogP contribution >= 0.6 is 0 Å². The van der Waals surface area contributed by atoms with E-state index in [1.54, 1.807) is 0 Å². The van der Waals surface area contributed by atoms with E-state index in [4.69, 9.17) is 0 Å². The summed E-state index contributed by atoms with van der Waals surface area (Å²) in [6.45, 7) is 2.18. The molecule has 0 aromatic heterocycles. The Morgan fingerprint density at radius 2 is 1.62 bits per heavy atom. The lowest BCUT2D eigenvalue weighted by atomic mass is 10.1. The molecule has 0 aliphatic heterocycles. The maximum atomic E-state index is 10.6. The molecule has 0 fully saturated rings. The summed E-state index contributed by atoms with van der Waals surface area (Å²) in [5, 5.41) is 0. The molecule has 0 amide bonds. The van der Waals surface area contributed by atoms with E-state index in [1.807, 2.05) is 0 Å². The van der Waals surface area contributed by atoms with E-state index in [1.165, 1.54) is 32.1 Å². The van der Waals surface area contributed by atoms with Crippen molar-refractivity contribution < 1.29 is 12.6 Å². The van der Waals surface area contributed by atoms with Gasteiger partial charge in [0.15, 0.2) is 0 Å². The summed E-state index contributed by atoms with van der Waals surface area (Å²) in [6.07, 6.45) is 9.33. The van der Waals surface area contributed by atoms with Crippen molar-refractivity contribution >= 4 is 10.1 Å². The largest absolute Gasteiger partial charge is 0.265 e. The van der Waals surface area contributed by atoms with Gasteiger partial charge in [0.25, 0.3) is 10.1 Å². The average molecular weight is 246 g/mol. The molecule has 0 aliphatic carbocycles. The van der Waals surface area contributed by atoms with E-state index in [2.05, 4.69) is 22.9 Å². The van der Waals surface area contributed by atoms with Gasteiger partial charge in [-0.25, -0.2) is 0 Å². The standard InChI is InChI=1S/C12H22O3S/c1-3-4-5-6-7-8-9-10-11-12-15-16(2,13)14/h3-9,12H2,1-2H3. The van der Waals surface area contributed by atoms with Crippen LogP contribution in [0.5, 0.6) is 0 Å². The third kappa shape index (κ3) is 13.5. The fourth-order valence-corrected chi connectivity index (χ4v) is 1.54. The lowest BCUT2D eigenvalue weighted by molar-refractivity contribution is 0.367. The SMILES string of the molecule is CCCCCCCCC#CCOS(C)(=O)=O. The van der Waals surface area contributed by atoms with E-state index in [0.717, 1.165) is 19.1 Å². The Balaban J connectivity index is 3.28. The lowest BCUT2D eigenvalue weighted by Crippen LogP contribution is -2.02. The fraction of sp³-hybridized carbons (Fsp3) is 0.833. The molecule has 16 heavy (non-hydrogen) atoms. The molecule has 0 aromatic rings. The van der Waals surface area contributed by atoms with Gasteiger partial charge in [0, 0.05) is 6.42 Å². The molecule has 0 N–H and O–H groups in total. The lowest BCUT2D eigenvalue weighted by Gasteiger charge is -1.96. The molecule has 0 heterocycles. The van der Waals surface area contributed by atoms with Crippen LogP contribution in [0.1, 0.15) is 51.9 Å². The second kappa shape index (κ2) is 9.68. The molecular weight excluding hydrogens is 224 g/mol. The monoisotopic (exact) mass is 246 g/mol. The van der Waals surface area contributed by atoms with Gasteiger partial charge in [0.2, 0.25) is 0 Å². The average Bonchev–Trinajstić information content (AvgIpc) is 2.19. The molecule has 0 aromatic carbocycles. The molecule has 0 spiro atoms. The summed E-state index contributed by atoms with van der Waals surface area (Å²) in [4.78, 5) is 0. The summed E-state index contributed by atoms with van der Waals surface area (Å²) in [7, 11) is -3.33. The van der Waals surface area contributed by atoms with Gasteiger partial charge in [-0.3, -0.25) is 4.18 Å². The van der Waals surface area contributed by atoms with Crippen LogP contribution in [0.3, 0.4) is 0 Å². The predicted molar refractivity (Wildman–Crippen MR) is 66.6 cm³/mol. The highest BCUT2D eigenvalue weighted by molar-refractivity contribution is 7.85. The van der Waals surface area contributed by atoms with E-state index >= 15 is 0 Å². The van der Waals surface area contributed by atoms with E-state index < -0.39 is 10.1 Å². The first-order chi connectivity index (χ1) is 7.56. The number of rotatable bonds is 8. The van der Waals surface area contributed by atoms with Crippen LogP contribution in [0.4, 0.5) is 0 Å². The van der Waals surface area contributed by atoms with Crippen molar-refractivity contribution in [2.75, 3.05) is 12.9 Å². The molecule has 0 aliphatic rings. The number of unbranched alkanes of at least 4 members (excludes halogenated alkanes) is 6. The number of hydrogen-bond donors (Lipinski definition) is 0. The highest BCUT2D eigenvalue weighted by atomic mass is 32.2. The molecule has 0 rings (SSSR count). The van der Waals surface area contributed by atoms with E-state index in [-0.39, 0.29) is 6.61 Å². The quantitative estimate of drug-likeness (QED) is 0.376. The van der Waals surface area contributed by atoms with Crippen molar-refractivity contribution in [1.82, 2.24) is 0 Å². The highest BCUT2D eigenvalue weighted by Gasteiger charge is 1.96. The minimum Gasteiger partial charge on any atom is -0.257 e. The first kappa shape index (κ1) is 15.5. The third-order valence-corrected chi connectivity index (χ3v) is 2.67. The Morgan fingerprint density at radius 1 is 1.00 bits per heavy atom. The van der Waals surface area contributed by atoms with Crippen LogP contribution in [-0.4, -0.2) is 21.3 Å². The Bertz CT molecular complexity index is 309. The molecule has 4 heteroatoms. The van der Waals surface area contributed by atoms with Crippen molar-refractivity contribution in [1.29, 1.82) is 0 Å². The van der Waals surface area contributed by atoms with E-state index in [0.29, 0.717) is 0 Å². The Labute approximate surface area is 99.7 Å². The van der Waals surface area contributed by atoms with Crippen LogP contribution in [0.25, 0.3) is 0 Å². The first-order valence-electron chi connectivity index (χ1n) is 5.86. The number of hydrogen-bond acceptors (Lipinski definition) is 3. The zero-order chi connectivity index (χ0) is 12.3. The van der Waals surface area contributed by atoms with Gasteiger partial charge in [0.05, 0.1) is 6.26 Å². The maximum absolute atomic E-state index is 10.6. The normalized spacial score (nSPS) is 10.9. The second-order valence-electron chi connectivity index (χ2n) is 3.84. The van der Waals surface area contributed by atoms with Crippen LogP contribution in [0.2, 0.25) is 0 Å². The highest BCUT2D eigenvalue weighted by Crippen LogP contribution is 2.05. The van der Waals surface area contributed by atoms with Crippen LogP contribution in [-0.2, 0) is 14.3 Å². The first-order valence-corrected chi connectivity index (χ1v) is 7.68. The van der Waals surface area contributed by atoms with Crippen molar-refractivity contribution in [2.45, 2.75) is 51.9 Å². The van der Waals surface area contributed by atoms with Gasteiger partial charge < -0.3 is 0 Å². The van der Waals surface area contributed by atoms with Gasteiger partial charge in [-0.15, -0.1) is 5.92 Å². The van der Waals surface area contributed by atoms with Crippen molar-refractivity contribution in [3.8, 4) is 11.8 Å². The molecule has 0 unspecified atom stereocenters. The summed E-state index contributed by atoms with van der Waals surface area (Å²) >= 11 is 0. The third-order valence-electron chi connectivity index (χ3n) is 2.13. The fourth-order valence-electron chi connectivity index (χ4n) is 1.27.